The van der Waals surface area contributed by atoms with E-state index in [1.165, 1.54) is 0 Å². The summed E-state index contributed by atoms with van der Waals surface area (Å²) in [4.78, 5) is 8.88. The van der Waals surface area contributed by atoms with Gasteiger partial charge in [0.05, 0.1) is 17.9 Å². The standard InChI is InChI=1S/C15H12ClN3S/c16-11-4-3-5-12(8-11)18-9-13-10-20-15(19-13)14-6-1-2-7-17-14/h1-8,10,18H,9H2. The van der Waals surface area contributed by atoms with Gasteiger partial charge in [-0.1, -0.05) is 23.7 Å². The first kappa shape index (κ1) is 13.1. The highest BCUT2D eigenvalue weighted by Crippen LogP contribution is 2.22. The molecule has 0 aliphatic carbocycles. The number of pyridine rings is 1. The predicted molar refractivity (Wildman–Crippen MR) is 84.1 cm³/mol. The molecule has 3 aromatic rings. The van der Waals surface area contributed by atoms with Crippen LogP contribution in [-0.2, 0) is 6.54 Å². The lowest BCUT2D eigenvalue weighted by Crippen LogP contribution is -1.99. The van der Waals surface area contributed by atoms with Crippen molar-refractivity contribution in [1.82, 2.24) is 9.97 Å². The van der Waals surface area contributed by atoms with E-state index in [0.717, 1.165) is 27.1 Å². The molecule has 5 heteroatoms. The monoisotopic (exact) mass is 301 g/mol. The largest absolute Gasteiger partial charge is 0.379 e. The van der Waals surface area contributed by atoms with Gasteiger partial charge in [0.15, 0.2) is 0 Å². The van der Waals surface area contributed by atoms with Crippen molar-refractivity contribution in [1.29, 1.82) is 0 Å². The van der Waals surface area contributed by atoms with Crippen LogP contribution in [0.4, 0.5) is 5.69 Å². The lowest BCUT2D eigenvalue weighted by atomic mass is 10.3. The van der Waals surface area contributed by atoms with Crippen LogP contribution in [0, 0.1) is 0 Å². The van der Waals surface area contributed by atoms with E-state index in [0.29, 0.717) is 6.54 Å². The zero-order valence-electron chi connectivity index (χ0n) is 10.6. The molecule has 1 N–H and O–H groups in total. The van der Waals surface area contributed by atoms with E-state index in [-0.39, 0.29) is 0 Å². The highest BCUT2D eigenvalue weighted by atomic mass is 35.5. The van der Waals surface area contributed by atoms with Gasteiger partial charge >= 0.3 is 0 Å². The Labute approximate surface area is 126 Å². The van der Waals surface area contributed by atoms with Gasteiger partial charge in [-0.2, -0.15) is 0 Å². The van der Waals surface area contributed by atoms with Crippen LogP contribution in [0.1, 0.15) is 5.69 Å². The molecule has 0 saturated heterocycles. The lowest BCUT2D eigenvalue weighted by molar-refractivity contribution is 1.07. The summed E-state index contributed by atoms with van der Waals surface area (Å²) in [6, 6.07) is 13.5. The molecule has 3 rings (SSSR count). The Balaban J connectivity index is 1.69. The molecular formula is C15H12ClN3S. The molecule has 0 atom stereocenters. The van der Waals surface area contributed by atoms with Crippen LogP contribution in [0.25, 0.3) is 10.7 Å². The Morgan fingerprint density at radius 2 is 2.10 bits per heavy atom. The maximum atomic E-state index is 5.95. The second-order valence-corrected chi connectivity index (χ2v) is 5.52. The van der Waals surface area contributed by atoms with Crippen molar-refractivity contribution >= 4 is 28.6 Å². The van der Waals surface area contributed by atoms with E-state index in [2.05, 4.69) is 15.3 Å². The molecule has 0 aliphatic heterocycles. The number of halogens is 1. The van der Waals surface area contributed by atoms with Gasteiger partial charge in [0.25, 0.3) is 0 Å². The minimum Gasteiger partial charge on any atom is -0.379 e. The Kier molecular flexibility index (Phi) is 3.95. The summed E-state index contributed by atoms with van der Waals surface area (Å²) in [6.45, 7) is 0.670. The number of hydrogen-bond acceptors (Lipinski definition) is 4. The van der Waals surface area contributed by atoms with Gasteiger partial charge in [-0.25, -0.2) is 4.98 Å². The van der Waals surface area contributed by atoms with Crippen molar-refractivity contribution < 1.29 is 0 Å². The fourth-order valence-corrected chi connectivity index (χ4v) is 2.77. The first-order valence-corrected chi connectivity index (χ1v) is 7.42. The normalized spacial score (nSPS) is 10.4. The van der Waals surface area contributed by atoms with Gasteiger partial charge < -0.3 is 5.32 Å². The molecular weight excluding hydrogens is 290 g/mol. The fraction of sp³-hybridized carbons (Fsp3) is 0.0667. The first-order valence-electron chi connectivity index (χ1n) is 6.16. The summed E-state index contributed by atoms with van der Waals surface area (Å²) in [5, 5.41) is 7.01. The van der Waals surface area contributed by atoms with Gasteiger partial charge in [0.2, 0.25) is 0 Å². The summed E-state index contributed by atoms with van der Waals surface area (Å²) in [5.41, 5.74) is 2.90. The number of anilines is 1. The van der Waals surface area contributed by atoms with Gasteiger partial charge in [0.1, 0.15) is 5.01 Å². The molecule has 0 fully saturated rings. The molecule has 20 heavy (non-hydrogen) atoms. The smallest absolute Gasteiger partial charge is 0.142 e. The number of nitrogens with one attached hydrogen (secondary N) is 1. The van der Waals surface area contributed by atoms with Crippen molar-refractivity contribution in [3.63, 3.8) is 0 Å². The zero-order valence-corrected chi connectivity index (χ0v) is 12.2. The van der Waals surface area contributed by atoms with Gasteiger partial charge in [0, 0.05) is 22.3 Å². The molecule has 0 amide bonds. The van der Waals surface area contributed by atoms with Crippen molar-refractivity contribution in [3.05, 3.63) is 64.8 Å². The minimum atomic E-state index is 0.670. The number of benzene rings is 1. The molecule has 2 aromatic heterocycles. The molecule has 100 valence electrons. The Morgan fingerprint density at radius 3 is 2.90 bits per heavy atom. The summed E-state index contributed by atoms with van der Waals surface area (Å²) < 4.78 is 0. The van der Waals surface area contributed by atoms with E-state index in [9.17, 15) is 0 Å². The molecule has 0 unspecified atom stereocenters. The number of aromatic nitrogens is 2. The molecule has 0 saturated carbocycles. The Morgan fingerprint density at radius 1 is 1.15 bits per heavy atom. The van der Waals surface area contributed by atoms with Crippen molar-refractivity contribution in [2.45, 2.75) is 6.54 Å². The van der Waals surface area contributed by atoms with Crippen molar-refractivity contribution in [2.75, 3.05) is 5.32 Å². The third kappa shape index (κ3) is 3.15. The van der Waals surface area contributed by atoms with E-state index < -0.39 is 0 Å². The van der Waals surface area contributed by atoms with E-state index >= 15 is 0 Å². The Bertz CT molecular complexity index is 697. The van der Waals surface area contributed by atoms with Crippen LogP contribution in [0.2, 0.25) is 5.02 Å². The first-order chi connectivity index (χ1) is 9.81. The maximum absolute atomic E-state index is 5.95. The molecule has 2 heterocycles. The van der Waals surface area contributed by atoms with Crippen molar-refractivity contribution in [3.8, 4) is 10.7 Å². The third-order valence-corrected chi connectivity index (χ3v) is 3.88. The van der Waals surface area contributed by atoms with Crippen LogP contribution in [-0.4, -0.2) is 9.97 Å². The summed E-state index contributed by atoms with van der Waals surface area (Å²) in [5.74, 6) is 0. The van der Waals surface area contributed by atoms with Gasteiger partial charge in [-0.05, 0) is 30.3 Å². The van der Waals surface area contributed by atoms with Crippen molar-refractivity contribution in [2.24, 2.45) is 0 Å². The zero-order chi connectivity index (χ0) is 13.8. The molecule has 0 aliphatic rings. The van der Waals surface area contributed by atoms with E-state index in [4.69, 9.17) is 11.6 Å². The van der Waals surface area contributed by atoms with Gasteiger partial charge in [-0.15, -0.1) is 11.3 Å². The average Bonchev–Trinajstić information content (AvgIpc) is 2.95. The highest BCUT2D eigenvalue weighted by Gasteiger charge is 2.05. The van der Waals surface area contributed by atoms with Crippen LogP contribution >= 0.6 is 22.9 Å². The predicted octanol–water partition coefficient (Wildman–Crippen LogP) is 4.47. The van der Waals surface area contributed by atoms with Crippen LogP contribution in [0.3, 0.4) is 0 Å². The molecule has 0 radical (unpaired) electrons. The Hall–Kier alpha value is -1.91. The van der Waals surface area contributed by atoms with Crippen LogP contribution < -0.4 is 5.32 Å². The maximum Gasteiger partial charge on any atom is 0.142 e. The van der Waals surface area contributed by atoms with Gasteiger partial charge in [-0.3, -0.25) is 4.98 Å². The number of thiazole rings is 1. The molecule has 0 spiro atoms. The molecule has 3 nitrogen and oxygen atoms in total. The SMILES string of the molecule is Clc1cccc(NCc2csc(-c3ccccn3)n2)c1. The second kappa shape index (κ2) is 6.03. The topological polar surface area (TPSA) is 37.8 Å². The number of hydrogen-bond donors (Lipinski definition) is 1. The quantitative estimate of drug-likeness (QED) is 0.772. The summed E-state index contributed by atoms with van der Waals surface area (Å²) >= 11 is 7.55. The molecule has 1 aromatic carbocycles. The highest BCUT2D eigenvalue weighted by molar-refractivity contribution is 7.13. The molecule has 0 bridgehead atoms. The van der Waals surface area contributed by atoms with E-state index in [1.54, 1.807) is 17.5 Å². The minimum absolute atomic E-state index is 0.670. The number of nitrogens with zero attached hydrogens (tertiary/aromatic N) is 2. The van der Waals surface area contributed by atoms with E-state index in [1.807, 2.05) is 47.8 Å². The average molecular weight is 302 g/mol. The lowest BCUT2D eigenvalue weighted by Gasteiger charge is -2.04. The fourth-order valence-electron chi connectivity index (χ4n) is 1.79. The summed E-state index contributed by atoms with van der Waals surface area (Å²) in [7, 11) is 0. The third-order valence-electron chi connectivity index (χ3n) is 2.73. The van der Waals surface area contributed by atoms with Crippen LogP contribution in [0.5, 0.6) is 0 Å². The summed E-state index contributed by atoms with van der Waals surface area (Å²) in [6.07, 6.45) is 1.78. The van der Waals surface area contributed by atoms with Crippen LogP contribution in [0.15, 0.2) is 54.0 Å². The second-order valence-electron chi connectivity index (χ2n) is 4.22. The number of rotatable bonds is 4.